The van der Waals surface area contributed by atoms with Gasteiger partial charge in [-0.15, -0.1) is 0 Å². The van der Waals surface area contributed by atoms with Crippen molar-refractivity contribution in [2.24, 2.45) is 5.41 Å². The van der Waals surface area contributed by atoms with Gasteiger partial charge in [0.1, 0.15) is 5.75 Å². The minimum absolute atomic E-state index is 0.0183. The standard InChI is InChI=1S/C13H20N2O4/c1-4-19-12-6-10(5-11(7-12)15(17)18)14-8-13(2,3)9-16/h5-7,14,16H,4,8-9H2,1-3H3. The molecule has 0 saturated carbocycles. The number of non-ortho nitro benzene ring substituents is 1. The molecule has 6 heteroatoms. The van der Waals surface area contributed by atoms with E-state index in [0.717, 1.165) is 0 Å². The first kappa shape index (κ1) is 15.2. The molecule has 1 aromatic carbocycles. The average Bonchev–Trinajstić information content (AvgIpc) is 2.37. The van der Waals surface area contributed by atoms with Gasteiger partial charge in [-0.1, -0.05) is 13.8 Å². The number of benzene rings is 1. The number of nitro benzene ring substituents is 1. The number of hydrogen-bond donors (Lipinski definition) is 2. The number of nitrogens with one attached hydrogen (secondary N) is 1. The fraction of sp³-hybridized carbons (Fsp3) is 0.538. The summed E-state index contributed by atoms with van der Waals surface area (Å²) in [5, 5.41) is 23.1. The summed E-state index contributed by atoms with van der Waals surface area (Å²) in [7, 11) is 0. The largest absolute Gasteiger partial charge is 0.494 e. The summed E-state index contributed by atoms with van der Waals surface area (Å²) in [6.45, 7) is 6.62. The van der Waals surface area contributed by atoms with Crippen LogP contribution in [-0.4, -0.2) is 29.8 Å². The molecular formula is C13H20N2O4. The van der Waals surface area contributed by atoms with E-state index in [2.05, 4.69) is 5.32 Å². The molecule has 1 rings (SSSR count). The molecule has 1 aromatic rings. The quantitative estimate of drug-likeness (QED) is 0.586. The Morgan fingerprint density at radius 2 is 2.11 bits per heavy atom. The van der Waals surface area contributed by atoms with Crippen molar-refractivity contribution < 1.29 is 14.8 Å². The molecular weight excluding hydrogens is 248 g/mol. The third-order valence-corrected chi connectivity index (χ3v) is 2.61. The molecule has 106 valence electrons. The summed E-state index contributed by atoms with van der Waals surface area (Å²) in [5.74, 6) is 0.459. The van der Waals surface area contributed by atoms with Gasteiger partial charge in [0.15, 0.2) is 0 Å². The van der Waals surface area contributed by atoms with Gasteiger partial charge < -0.3 is 15.2 Å². The Balaban J connectivity index is 2.90. The van der Waals surface area contributed by atoms with Crippen molar-refractivity contribution in [2.45, 2.75) is 20.8 Å². The summed E-state index contributed by atoms with van der Waals surface area (Å²) in [6.07, 6.45) is 0. The van der Waals surface area contributed by atoms with E-state index in [0.29, 0.717) is 24.6 Å². The van der Waals surface area contributed by atoms with E-state index in [4.69, 9.17) is 4.74 Å². The van der Waals surface area contributed by atoms with E-state index in [1.165, 1.54) is 12.1 Å². The summed E-state index contributed by atoms with van der Waals surface area (Å²) < 4.78 is 5.30. The molecule has 0 aliphatic heterocycles. The molecule has 0 spiro atoms. The molecule has 6 nitrogen and oxygen atoms in total. The van der Waals surface area contributed by atoms with Crippen LogP contribution in [0.5, 0.6) is 5.75 Å². The normalized spacial score (nSPS) is 11.2. The van der Waals surface area contributed by atoms with Gasteiger partial charge in [-0.05, 0) is 6.92 Å². The topological polar surface area (TPSA) is 84.6 Å². The predicted octanol–water partition coefficient (Wildman–Crippen LogP) is 2.42. The summed E-state index contributed by atoms with van der Waals surface area (Å²) >= 11 is 0. The van der Waals surface area contributed by atoms with Crippen molar-refractivity contribution in [3.63, 3.8) is 0 Å². The van der Waals surface area contributed by atoms with Crippen molar-refractivity contribution in [1.82, 2.24) is 0 Å². The number of aliphatic hydroxyl groups is 1. The molecule has 0 unspecified atom stereocenters. The number of aliphatic hydroxyl groups excluding tert-OH is 1. The molecule has 0 bridgehead atoms. The van der Waals surface area contributed by atoms with Crippen molar-refractivity contribution >= 4 is 11.4 Å². The smallest absolute Gasteiger partial charge is 0.275 e. The Bertz CT molecular complexity index is 446. The maximum atomic E-state index is 10.8. The first-order valence-corrected chi connectivity index (χ1v) is 6.15. The van der Waals surface area contributed by atoms with Gasteiger partial charge in [0.25, 0.3) is 5.69 Å². The van der Waals surface area contributed by atoms with Gasteiger partial charge in [0, 0.05) is 36.4 Å². The Kier molecular flexibility index (Phi) is 5.11. The number of nitrogens with zero attached hydrogens (tertiary/aromatic N) is 1. The minimum atomic E-state index is -0.453. The number of ether oxygens (including phenoxy) is 1. The number of hydrogen-bond acceptors (Lipinski definition) is 5. The third-order valence-electron chi connectivity index (χ3n) is 2.61. The highest BCUT2D eigenvalue weighted by atomic mass is 16.6. The second-order valence-corrected chi connectivity index (χ2v) is 5.08. The average molecular weight is 268 g/mol. The van der Waals surface area contributed by atoms with Gasteiger partial charge in [0.2, 0.25) is 0 Å². The molecule has 0 aliphatic rings. The molecule has 0 amide bonds. The van der Waals surface area contributed by atoms with Crippen molar-refractivity contribution in [2.75, 3.05) is 25.1 Å². The number of nitro groups is 1. The monoisotopic (exact) mass is 268 g/mol. The number of rotatable bonds is 7. The highest BCUT2D eigenvalue weighted by Gasteiger charge is 2.17. The molecule has 2 N–H and O–H groups in total. The third kappa shape index (κ3) is 4.75. The second-order valence-electron chi connectivity index (χ2n) is 5.08. The van der Waals surface area contributed by atoms with Crippen LogP contribution in [0.4, 0.5) is 11.4 Å². The molecule has 0 saturated heterocycles. The summed E-state index contributed by atoms with van der Waals surface area (Å²) in [6, 6.07) is 4.56. The van der Waals surface area contributed by atoms with Gasteiger partial charge in [-0.25, -0.2) is 0 Å². The van der Waals surface area contributed by atoms with Crippen molar-refractivity contribution in [3.8, 4) is 5.75 Å². The first-order chi connectivity index (χ1) is 8.88. The fourth-order valence-electron chi connectivity index (χ4n) is 1.44. The Morgan fingerprint density at radius 1 is 1.42 bits per heavy atom. The van der Waals surface area contributed by atoms with E-state index >= 15 is 0 Å². The van der Waals surface area contributed by atoms with E-state index < -0.39 is 4.92 Å². The van der Waals surface area contributed by atoms with Gasteiger partial charge >= 0.3 is 0 Å². The van der Waals surface area contributed by atoms with Crippen LogP contribution < -0.4 is 10.1 Å². The van der Waals surface area contributed by atoms with Crippen molar-refractivity contribution in [1.29, 1.82) is 0 Å². The highest BCUT2D eigenvalue weighted by Crippen LogP contribution is 2.27. The van der Waals surface area contributed by atoms with Crippen LogP contribution in [0.1, 0.15) is 20.8 Å². The first-order valence-electron chi connectivity index (χ1n) is 6.15. The second kappa shape index (κ2) is 6.38. The molecule has 0 aliphatic carbocycles. The SMILES string of the molecule is CCOc1cc(NCC(C)(C)CO)cc([N+](=O)[O-])c1. The van der Waals surface area contributed by atoms with E-state index in [1.807, 2.05) is 20.8 Å². The summed E-state index contributed by atoms with van der Waals surface area (Å²) in [5.41, 5.74) is 0.297. The molecule has 0 aromatic heterocycles. The van der Waals surface area contributed by atoms with Crippen LogP contribution >= 0.6 is 0 Å². The Morgan fingerprint density at radius 3 is 2.63 bits per heavy atom. The molecule has 0 atom stereocenters. The Labute approximate surface area is 112 Å². The predicted molar refractivity (Wildman–Crippen MR) is 73.6 cm³/mol. The van der Waals surface area contributed by atoms with Crippen LogP contribution in [0, 0.1) is 15.5 Å². The van der Waals surface area contributed by atoms with E-state index in [-0.39, 0.29) is 17.7 Å². The lowest BCUT2D eigenvalue weighted by molar-refractivity contribution is -0.384. The zero-order chi connectivity index (χ0) is 14.5. The maximum Gasteiger partial charge on any atom is 0.275 e. The van der Waals surface area contributed by atoms with Crippen LogP contribution in [0.2, 0.25) is 0 Å². The van der Waals surface area contributed by atoms with Crippen LogP contribution in [0.3, 0.4) is 0 Å². The lowest BCUT2D eigenvalue weighted by Crippen LogP contribution is -2.26. The Hall–Kier alpha value is -1.82. The summed E-state index contributed by atoms with van der Waals surface area (Å²) in [4.78, 5) is 10.4. The number of anilines is 1. The molecule has 0 radical (unpaired) electrons. The van der Waals surface area contributed by atoms with Crippen LogP contribution in [0.15, 0.2) is 18.2 Å². The van der Waals surface area contributed by atoms with Crippen molar-refractivity contribution in [3.05, 3.63) is 28.3 Å². The molecule has 19 heavy (non-hydrogen) atoms. The zero-order valence-corrected chi connectivity index (χ0v) is 11.5. The molecule has 0 fully saturated rings. The van der Waals surface area contributed by atoms with E-state index in [9.17, 15) is 15.2 Å². The highest BCUT2D eigenvalue weighted by molar-refractivity contribution is 5.56. The van der Waals surface area contributed by atoms with Gasteiger partial charge in [-0.3, -0.25) is 10.1 Å². The lowest BCUT2D eigenvalue weighted by Gasteiger charge is -2.22. The minimum Gasteiger partial charge on any atom is -0.494 e. The van der Waals surface area contributed by atoms with Gasteiger partial charge in [-0.2, -0.15) is 0 Å². The molecule has 0 heterocycles. The fourth-order valence-corrected chi connectivity index (χ4v) is 1.44. The zero-order valence-electron chi connectivity index (χ0n) is 11.5. The van der Waals surface area contributed by atoms with Crippen LogP contribution in [0.25, 0.3) is 0 Å². The van der Waals surface area contributed by atoms with E-state index in [1.54, 1.807) is 6.07 Å². The maximum absolute atomic E-state index is 10.8. The van der Waals surface area contributed by atoms with Gasteiger partial charge in [0.05, 0.1) is 17.6 Å². The lowest BCUT2D eigenvalue weighted by atomic mass is 9.95. The van der Waals surface area contributed by atoms with Crippen LogP contribution in [-0.2, 0) is 0 Å².